The lowest BCUT2D eigenvalue weighted by atomic mass is 10.1. The van der Waals surface area contributed by atoms with Crippen LogP contribution in [0.25, 0.3) is 0 Å². The zero-order valence-corrected chi connectivity index (χ0v) is 18.6. The lowest BCUT2D eigenvalue weighted by Gasteiger charge is -2.30. The number of benzene rings is 2. The van der Waals surface area contributed by atoms with Crippen molar-refractivity contribution in [3.8, 4) is 0 Å². The summed E-state index contributed by atoms with van der Waals surface area (Å²) >= 11 is 0. The minimum absolute atomic E-state index is 0.275. The number of aliphatic imine (C=N–C) groups is 1. The Labute approximate surface area is 178 Å². The Hall–Kier alpha value is -2.18. The number of nitrogens with zero attached hydrogens (tertiary/aromatic N) is 2. The Kier molecular flexibility index (Phi) is 10.5. The van der Waals surface area contributed by atoms with E-state index in [2.05, 4.69) is 58.6 Å². The summed E-state index contributed by atoms with van der Waals surface area (Å²) in [6.45, 7) is 7.74. The topological polar surface area (TPSA) is 56.7 Å². The van der Waals surface area contributed by atoms with Crippen molar-refractivity contribution in [1.82, 2.24) is 15.5 Å². The first-order valence-electron chi connectivity index (χ1n) is 10.3. The van der Waals surface area contributed by atoms with E-state index in [0.29, 0.717) is 18.1 Å². The molecule has 0 aliphatic carbocycles. The first kappa shape index (κ1) is 23.1. The van der Waals surface area contributed by atoms with E-state index in [9.17, 15) is 4.21 Å². The zero-order valence-electron chi connectivity index (χ0n) is 17.8. The number of likely N-dealkylation sites (N-methyl/N-ethyl adjacent to an activating group) is 1. The van der Waals surface area contributed by atoms with Crippen molar-refractivity contribution in [3.63, 3.8) is 0 Å². The van der Waals surface area contributed by atoms with Gasteiger partial charge in [0.05, 0.1) is 6.04 Å². The molecular formula is C23H34N4OS. The Morgan fingerprint density at radius 1 is 1.00 bits per heavy atom. The lowest BCUT2D eigenvalue weighted by molar-refractivity contribution is 0.219. The van der Waals surface area contributed by atoms with E-state index < -0.39 is 10.8 Å². The van der Waals surface area contributed by atoms with E-state index in [0.717, 1.165) is 31.2 Å². The van der Waals surface area contributed by atoms with Gasteiger partial charge in [0.1, 0.15) is 0 Å². The second kappa shape index (κ2) is 13.1. The third-order valence-electron chi connectivity index (χ3n) is 4.92. The predicted molar refractivity (Wildman–Crippen MR) is 125 cm³/mol. The summed E-state index contributed by atoms with van der Waals surface area (Å²) in [7, 11) is 0.874. The molecule has 158 valence electrons. The Morgan fingerprint density at radius 3 is 2.21 bits per heavy atom. The van der Waals surface area contributed by atoms with E-state index in [1.807, 2.05) is 36.4 Å². The van der Waals surface area contributed by atoms with Crippen molar-refractivity contribution in [2.24, 2.45) is 4.99 Å². The molecule has 0 heterocycles. The first-order chi connectivity index (χ1) is 14.2. The molecule has 0 saturated carbocycles. The summed E-state index contributed by atoms with van der Waals surface area (Å²) < 4.78 is 12.3. The second-order valence-corrected chi connectivity index (χ2v) is 8.38. The van der Waals surface area contributed by atoms with Gasteiger partial charge in [-0.1, -0.05) is 74.5 Å². The van der Waals surface area contributed by atoms with E-state index in [4.69, 9.17) is 0 Å². The van der Waals surface area contributed by atoms with Gasteiger partial charge in [-0.25, -0.2) is 0 Å². The van der Waals surface area contributed by atoms with Crippen LogP contribution in [-0.2, 0) is 16.6 Å². The van der Waals surface area contributed by atoms with Crippen LogP contribution in [0.3, 0.4) is 0 Å². The average Bonchev–Trinajstić information content (AvgIpc) is 2.76. The monoisotopic (exact) mass is 414 g/mol. The van der Waals surface area contributed by atoms with Crippen molar-refractivity contribution >= 4 is 16.8 Å². The highest BCUT2D eigenvalue weighted by Gasteiger charge is 2.18. The molecule has 0 fully saturated rings. The maximum absolute atomic E-state index is 12.3. The molecule has 2 rings (SSSR count). The molecule has 0 spiro atoms. The maximum atomic E-state index is 12.3. The molecule has 0 bridgehead atoms. The Morgan fingerprint density at radius 2 is 1.62 bits per heavy atom. The van der Waals surface area contributed by atoms with Crippen molar-refractivity contribution in [1.29, 1.82) is 0 Å². The smallest absolute Gasteiger partial charge is 0.191 e. The summed E-state index contributed by atoms with van der Waals surface area (Å²) in [5.74, 6) is 1.93. The number of rotatable bonds is 11. The molecule has 5 nitrogen and oxygen atoms in total. The fourth-order valence-corrected chi connectivity index (χ4v) is 4.37. The fraction of sp³-hybridized carbons (Fsp3) is 0.435. The first-order valence-corrected chi connectivity index (χ1v) is 11.8. The molecule has 2 atom stereocenters. The third kappa shape index (κ3) is 7.99. The molecule has 2 aromatic rings. The van der Waals surface area contributed by atoms with Crippen LogP contribution in [-0.4, -0.2) is 54.0 Å². The van der Waals surface area contributed by atoms with Gasteiger partial charge in [-0.15, -0.1) is 0 Å². The number of nitrogens with one attached hydrogen (secondary N) is 2. The molecule has 0 amide bonds. The molecule has 2 N–H and O–H groups in total. The SMILES string of the molecule is CCN(CC)C(CNC(=NC)NCCS(=O)Cc1ccccc1)c1ccccc1. The van der Waals surface area contributed by atoms with Crippen LogP contribution in [0.5, 0.6) is 0 Å². The highest BCUT2D eigenvalue weighted by atomic mass is 32.2. The van der Waals surface area contributed by atoms with Crippen LogP contribution in [0.15, 0.2) is 65.7 Å². The summed E-state index contributed by atoms with van der Waals surface area (Å²) in [5.41, 5.74) is 2.40. The second-order valence-electron chi connectivity index (χ2n) is 6.80. The van der Waals surface area contributed by atoms with Gasteiger partial charge in [0, 0.05) is 42.4 Å². The molecule has 2 aromatic carbocycles. The third-order valence-corrected chi connectivity index (χ3v) is 6.23. The highest BCUT2D eigenvalue weighted by Crippen LogP contribution is 2.19. The van der Waals surface area contributed by atoms with Crippen LogP contribution in [0, 0.1) is 0 Å². The van der Waals surface area contributed by atoms with Gasteiger partial charge in [0.15, 0.2) is 5.96 Å². The van der Waals surface area contributed by atoms with Gasteiger partial charge in [0.2, 0.25) is 0 Å². The number of hydrogen-bond acceptors (Lipinski definition) is 3. The molecular weight excluding hydrogens is 380 g/mol. The summed E-state index contributed by atoms with van der Waals surface area (Å²) in [6.07, 6.45) is 0. The number of guanidine groups is 1. The van der Waals surface area contributed by atoms with Crippen LogP contribution in [0.4, 0.5) is 0 Å². The minimum Gasteiger partial charge on any atom is -0.355 e. The van der Waals surface area contributed by atoms with Gasteiger partial charge >= 0.3 is 0 Å². The van der Waals surface area contributed by atoms with Gasteiger partial charge in [-0.05, 0) is 24.2 Å². The van der Waals surface area contributed by atoms with Gasteiger partial charge < -0.3 is 10.6 Å². The van der Waals surface area contributed by atoms with Crippen molar-refractivity contribution < 1.29 is 4.21 Å². The van der Waals surface area contributed by atoms with Crippen LogP contribution >= 0.6 is 0 Å². The molecule has 0 aliphatic heterocycles. The van der Waals surface area contributed by atoms with E-state index in [1.165, 1.54) is 5.56 Å². The average molecular weight is 415 g/mol. The summed E-state index contributed by atoms with van der Waals surface area (Å²) in [6, 6.07) is 20.8. The molecule has 0 aliphatic rings. The normalized spacial score (nSPS) is 13.9. The van der Waals surface area contributed by atoms with E-state index >= 15 is 0 Å². The van der Waals surface area contributed by atoms with Crippen molar-refractivity contribution in [3.05, 3.63) is 71.8 Å². The Balaban J connectivity index is 1.84. The lowest BCUT2D eigenvalue weighted by Crippen LogP contribution is -2.44. The molecule has 2 unspecified atom stereocenters. The van der Waals surface area contributed by atoms with Crippen LogP contribution in [0.2, 0.25) is 0 Å². The predicted octanol–water partition coefficient (Wildman–Crippen LogP) is 3.18. The van der Waals surface area contributed by atoms with E-state index in [1.54, 1.807) is 7.05 Å². The van der Waals surface area contributed by atoms with Crippen molar-refractivity contribution in [2.75, 3.05) is 39.0 Å². The molecule has 0 saturated heterocycles. The van der Waals surface area contributed by atoms with Gasteiger partial charge in [-0.2, -0.15) is 0 Å². The summed E-state index contributed by atoms with van der Waals surface area (Å²) in [4.78, 5) is 6.76. The largest absolute Gasteiger partial charge is 0.355 e. The Bertz CT molecular complexity index is 748. The van der Waals surface area contributed by atoms with E-state index in [-0.39, 0.29) is 6.04 Å². The zero-order chi connectivity index (χ0) is 20.9. The molecule has 6 heteroatoms. The van der Waals surface area contributed by atoms with Crippen LogP contribution < -0.4 is 10.6 Å². The standard InChI is InChI=1S/C23H34N4OS/c1-4-27(5-2)22(21-14-10-7-11-15-21)18-26-23(24-3)25-16-17-29(28)19-20-12-8-6-9-13-20/h6-15,22H,4-5,16-19H2,1-3H3,(H2,24,25,26). The minimum atomic E-state index is -0.896. The maximum Gasteiger partial charge on any atom is 0.191 e. The van der Waals surface area contributed by atoms with Gasteiger partial charge in [0.25, 0.3) is 0 Å². The highest BCUT2D eigenvalue weighted by molar-refractivity contribution is 7.84. The van der Waals surface area contributed by atoms with Gasteiger partial charge in [-0.3, -0.25) is 14.1 Å². The molecule has 29 heavy (non-hydrogen) atoms. The quantitative estimate of drug-likeness (QED) is 0.438. The van der Waals surface area contributed by atoms with Crippen molar-refractivity contribution in [2.45, 2.75) is 25.6 Å². The van der Waals surface area contributed by atoms with Crippen LogP contribution in [0.1, 0.15) is 31.0 Å². The number of hydrogen-bond donors (Lipinski definition) is 2. The molecule has 0 aromatic heterocycles. The molecule has 0 radical (unpaired) electrons. The fourth-order valence-electron chi connectivity index (χ4n) is 3.33. The summed E-state index contributed by atoms with van der Waals surface area (Å²) in [5, 5.41) is 6.73.